The van der Waals surface area contributed by atoms with Gasteiger partial charge in [-0.3, -0.25) is 14.8 Å². The summed E-state index contributed by atoms with van der Waals surface area (Å²) in [5, 5.41) is 10.0. The predicted molar refractivity (Wildman–Crippen MR) is 92.2 cm³/mol. The van der Waals surface area contributed by atoms with E-state index in [1.54, 1.807) is 29.4 Å². The fourth-order valence-corrected chi connectivity index (χ4v) is 3.73. The number of hydrogen-bond acceptors (Lipinski definition) is 7. The van der Waals surface area contributed by atoms with Crippen LogP contribution in [-0.4, -0.2) is 43.2 Å². The number of carbonyl (C=O) groups excluding carboxylic acids is 1. The molecule has 0 aromatic carbocycles. The van der Waals surface area contributed by atoms with Gasteiger partial charge in [0.05, 0.1) is 5.39 Å². The second-order valence-electron chi connectivity index (χ2n) is 5.78. The summed E-state index contributed by atoms with van der Waals surface area (Å²) >= 11 is 1.58. The Bertz CT molecular complexity index is 883. The van der Waals surface area contributed by atoms with Crippen LogP contribution in [0.1, 0.15) is 18.7 Å². The predicted octanol–water partition coefficient (Wildman–Crippen LogP) is 1.74. The van der Waals surface area contributed by atoms with Gasteiger partial charge in [0.2, 0.25) is 11.9 Å². The highest BCUT2D eigenvalue weighted by atomic mass is 32.1. The Kier molecular flexibility index (Phi) is 3.64. The Morgan fingerprint density at radius 2 is 2.29 bits per heavy atom. The number of anilines is 2. The van der Waals surface area contributed by atoms with Crippen LogP contribution in [0.4, 0.5) is 11.8 Å². The number of nitrogens with zero attached hydrogens (tertiary/aromatic N) is 6. The number of thiophene rings is 1. The van der Waals surface area contributed by atoms with Crippen LogP contribution in [0.25, 0.3) is 10.2 Å². The van der Waals surface area contributed by atoms with Crippen molar-refractivity contribution in [2.75, 3.05) is 16.8 Å². The van der Waals surface area contributed by atoms with Crippen molar-refractivity contribution >= 4 is 39.2 Å². The molecule has 1 aliphatic heterocycles. The molecule has 4 rings (SSSR count). The molecule has 1 N–H and O–H groups in total. The van der Waals surface area contributed by atoms with Gasteiger partial charge in [0.15, 0.2) is 0 Å². The van der Waals surface area contributed by atoms with E-state index in [-0.39, 0.29) is 11.9 Å². The van der Waals surface area contributed by atoms with Gasteiger partial charge >= 0.3 is 0 Å². The van der Waals surface area contributed by atoms with Crippen molar-refractivity contribution in [2.45, 2.75) is 25.8 Å². The Morgan fingerprint density at radius 1 is 1.42 bits per heavy atom. The number of aromatic nitrogens is 5. The molecule has 124 valence electrons. The molecule has 1 fully saturated rings. The van der Waals surface area contributed by atoms with Gasteiger partial charge in [-0.25, -0.2) is 9.97 Å². The molecule has 0 spiro atoms. The zero-order chi connectivity index (χ0) is 16.7. The highest BCUT2D eigenvalue weighted by molar-refractivity contribution is 7.16. The van der Waals surface area contributed by atoms with E-state index in [0.29, 0.717) is 5.95 Å². The lowest BCUT2D eigenvalue weighted by Gasteiger charge is -2.24. The first-order chi connectivity index (χ1) is 11.6. The number of hydrogen-bond donors (Lipinski definition) is 1. The van der Waals surface area contributed by atoms with E-state index in [0.717, 1.165) is 41.2 Å². The molecule has 3 aromatic rings. The van der Waals surface area contributed by atoms with Gasteiger partial charge < -0.3 is 4.90 Å². The summed E-state index contributed by atoms with van der Waals surface area (Å²) in [5.41, 5.74) is 0. The van der Waals surface area contributed by atoms with Crippen LogP contribution >= 0.6 is 11.3 Å². The maximum Gasteiger partial charge on any atom is 0.249 e. The molecule has 1 saturated heterocycles. The molecule has 1 amide bonds. The minimum atomic E-state index is -0.271. The smallest absolute Gasteiger partial charge is 0.249 e. The van der Waals surface area contributed by atoms with Crippen molar-refractivity contribution in [3.8, 4) is 0 Å². The molecule has 0 aliphatic carbocycles. The standard InChI is InChI=1S/C15H17N7OS/c1-9-18-15(20-21(9)2)19-13(23)11-4-3-6-22(11)12-10-5-7-24-14(10)17-8-16-12/h5,7-8,11H,3-4,6H2,1-2H3,(H,19,20,23). The largest absolute Gasteiger partial charge is 0.344 e. The van der Waals surface area contributed by atoms with Crippen LogP contribution in [0, 0.1) is 6.92 Å². The number of rotatable bonds is 3. The van der Waals surface area contributed by atoms with E-state index in [4.69, 9.17) is 0 Å². The maximum absolute atomic E-state index is 12.7. The zero-order valence-corrected chi connectivity index (χ0v) is 14.2. The second kappa shape index (κ2) is 5.82. The summed E-state index contributed by atoms with van der Waals surface area (Å²) in [6.07, 6.45) is 3.29. The van der Waals surface area contributed by atoms with Gasteiger partial charge in [0.25, 0.3) is 0 Å². The molecule has 24 heavy (non-hydrogen) atoms. The summed E-state index contributed by atoms with van der Waals surface area (Å²) in [7, 11) is 1.80. The molecule has 8 nitrogen and oxygen atoms in total. The molecule has 0 radical (unpaired) electrons. The van der Waals surface area contributed by atoms with Crippen LogP contribution in [0.5, 0.6) is 0 Å². The van der Waals surface area contributed by atoms with Gasteiger partial charge in [0, 0.05) is 13.6 Å². The minimum absolute atomic E-state index is 0.0971. The average Bonchev–Trinajstić information content (AvgIpc) is 3.27. The molecule has 9 heteroatoms. The van der Waals surface area contributed by atoms with E-state index >= 15 is 0 Å². The first-order valence-corrected chi connectivity index (χ1v) is 8.65. The van der Waals surface area contributed by atoms with Crippen molar-refractivity contribution in [1.29, 1.82) is 0 Å². The van der Waals surface area contributed by atoms with Crippen molar-refractivity contribution in [3.05, 3.63) is 23.6 Å². The van der Waals surface area contributed by atoms with Crippen LogP contribution in [0.2, 0.25) is 0 Å². The lowest BCUT2D eigenvalue weighted by Crippen LogP contribution is -2.40. The third kappa shape index (κ3) is 2.50. The van der Waals surface area contributed by atoms with E-state index in [9.17, 15) is 4.79 Å². The van der Waals surface area contributed by atoms with Gasteiger partial charge in [-0.2, -0.15) is 4.98 Å². The monoisotopic (exact) mass is 343 g/mol. The van der Waals surface area contributed by atoms with Crippen LogP contribution in [0.3, 0.4) is 0 Å². The van der Waals surface area contributed by atoms with Crippen LogP contribution in [-0.2, 0) is 11.8 Å². The first-order valence-electron chi connectivity index (χ1n) is 7.77. The molecule has 1 aliphatic rings. The Labute approximate surface area is 142 Å². The molecule has 0 bridgehead atoms. The highest BCUT2D eigenvalue weighted by Gasteiger charge is 2.33. The second-order valence-corrected chi connectivity index (χ2v) is 6.68. The van der Waals surface area contributed by atoms with Crippen molar-refractivity contribution in [2.24, 2.45) is 7.05 Å². The van der Waals surface area contributed by atoms with Gasteiger partial charge in [-0.1, -0.05) is 0 Å². The Balaban J connectivity index is 1.60. The number of fused-ring (bicyclic) bond motifs is 1. The van der Waals surface area contributed by atoms with Gasteiger partial charge in [-0.05, 0) is 31.2 Å². The summed E-state index contributed by atoms with van der Waals surface area (Å²) < 4.78 is 1.64. The molecule has 0 saturated carbocycles. The number of amides is 1. The summed E-state index contributed by atoms with van der Waals surface area (Å²) in [6.45, 7) is 2.65. The van der Waals surface area contributed by atoms with Crippen molar-refractivity contribution < 1.29 is 4.79 Å². The third-order valence-corrected chi connectivity index (χ3v) is 5.10. The number of aryl methyl sites for hydroxylation is 2. The minimum Gasteiger partial charge on any atom is -0.344 e. The number of carbonyl (C=O) groups is 1. The fraction of sp³-hybridized carbons (Fsp3) is 0.400. The normalized spacial score (nSPS) is 17.6. The van der Waals surface area contributed by atoms with Gasteiger partial charge in [-0.15, -0.1) is 16.4 Å². The van der Waals surface area contributed by atoms with E-state index < -0.39 is 0 Å². The average molecular weight is 343 g/mol. The summed E-state index contributed by atoms with van der Waals surface area (Å²) in [5.74, 6) is 1.82. The molecular weight excluding hydrogens is 326 g/mol. The summed E-state index contributed by atoms with van der Waals surface area (Å²) in [6, 6.07) is 1.74. The Morgan fingerprint density at radius 3 is 3.08 bits per heavy atom. The quantitative estimate of drug-likeness (QED) is 0.779. The van der Waals surface area contributed by atoms with Gasteiger partial charge in [0.1, 0.15) is 28.8 Å². The van der Waals surface area contributed by atoms with E-state index in [1.165, 1.54) is 0 Å². The fourth-order valence-electron chi connectivity index (χ4n) is 3.01. The molecule has 4 heterocycles. The molecule has 1 unspecified atom stereocenters. The maximum atomic E-state index is 12.7. The Hall–Kier alpha value is -2.55. The molecule has 3 aromatic heterocycles. The van der Waals surface area contributed by atoms with Crippen LogP contribution < -0.4 is 10.2 Å². The topological polar surface area (TPSA) is 88.8 Å². The van der Waals surface area contributed by atoms with E-state index in [2.05, 4.69) is 30.3 Å². The van der Waals surface area contributed by atoms with E-state index in [1.807, 2.05) is 18.4 Å². The SMILES string of the molecule is Cc1nc(NC(=O)C2CCCN2c2ncnc3sccc23)nn1C. The molecular formula is C15H17N7OS. The summed E-state index contributed by atoms with van der Waals surface area (Å²) in [4.78, 5) is 28.7. The third-order valence-electron chi connectivity index (χ3n) is 4.28. The lowest BCUT2D eigenvalue weighted by molar-refractivity contribution is -0.117. The zero-order valence-electron chi connectivity index (χ0n) is 13.4. The number of nitrogens with one attached hydrogen (secondary N) is 1. The van der Waals surface area contributed by atoms with Crippen molar-refractivity contribution in [1.82, 2.24) is 24.7 Å². The lowest BCUT2D eigenvalue weighted by atomic mass is 10.2. The first kappa shape index (κ1) is 15.0. The van der Waals surface area contributed by atoms with Crippen molar-refractivity contribution in [3.63, 3.8) is 0 Å². The highest BCUT2D eigenvalue weighted by Crippen LogP contribution is 2.31. The van der Waals surface area contributed by atoms with Crippen LogP contribution in [0.15, 0.2) is 17.8 Å². The molecule has 1 atom stereocenters.